The van der Waals surface area contributed by atoms with E-state index in [-0.39, 0.29) is 19.2 Å². The van der Waals surface area contributed by atoms with Crippen LogP contribution in [0.3, 0.4) is 0 Å². The summed E-state index contributed by atoms with van der Waals surface area (Å²) in [4.78, 5) is 10.9. The van der Waals surface area contributed by atoms with Gasteiger partial charge in [0.25, 0.3) is 0 Å². The molecule has 0 heterocycles. The highest BCUT2D eigenvalue weighted by molar-refractivity contribution is 5.73. The van der Waals surface area contributed by atoms with Crippen molar-refractivity contribution in [3.05, 3.63) is 35.1 Å². The fourth-order valence-corrected chi connectivity index (χ4v) is 1.19. The van der Waals surface area contributed by atoms with Crippen molar-refractivity contribution in [2.24, 2.45) is 0 Å². The summed E-state index contributed by atoms with van der Waals surface area (Å²) >= 11 is 0. The predicted molar refractivity (Wildman–Crippen MR) is 61.7 cm³/mol. The molecule has 5 heteroatoms. The minimum absolute atomic E-state index is 0.0835. The average molecular weight is 236 g/mol. The van der Waals surface area contributed by atoms with E-state index in [0.29, 0.717) is 11.1 Å². The predicted octanol–water partition coefficient (Wildman–Crippen LogP) is 0.598. The molecule has 0 atom stereocenters. The first-order valence-electron chi connectivity index (χ1n) is 5.01. The average Bonchev–Trinajstić information content (AvgIpc) is 2.35. The van der Waals surface area contributed by atoms with Gasteiger partial charge in [-0.05, 0) is 18.2 Å². The van der Waals surface area contributed by atoms with Gasteiger partial charge in [-0.3, -0.25) is 0 Å². The number of nitrogens with one attached hydrogen (secondary N) is 2. The minimum Gasteiger partial charge on any atom is -0.384 e. The number of aliphatic hydroxyl groups excluding tert-OH is 1. The Bertz CT molecular complexity index is 463. The molecule has 0 radical (unpaired) electrons. The molecular formula is C12H13FN2O2. The van der Waals surface area contributed by atoms with Crippen LogP contribution in [0.2, 0.25) is 0 Å². The summed E-state index contributed by atoms with van der Waals surface area (Å²) in [7, 11) is 1.48. The lowest BCUT2D eigenvalue weighted by Gasteiger charge is -2.06. The molecule has 2 amide bonds. The van der Waals surface area contributed by atoms with Gasteiger partial charge < -0.3 is 15.7 Å². The molecule has 0 saturated heterocycles. The first-order valence-corrected chi connectivity index (χ1v) is 5.01. The van der Waals surface area contributed by atoms with Crippen LogP contribution >= 0.6 is 0 Å². The highest BCUT2D eigenvalue weighted by Gasteiger charge is 2.04. The maximum Gasteiger partial charge on any atom is 0.314 e. The molecule has 0 fully saturated rings. The van der Waals surface area contributed by atoms with E-state index in [2.05, 4.69) is 22.5 Å². The Hall–Kier alpha value is -2.06. The van der Waals surface area contributed by atoms with Crippen molar-refractivity contribution in [3.8, 4) is 11.8 Å². The van der Waals surface area contributed by atoms with E-state index in [0.717, 1.165) is 0 Å². The fourth-order valence-electron chi connectivity index (χ4n) is 1.19. The lowest BCUT2D eigenvalue weighted by Crippen LogP contribution is -2.32. The van der Waals surface area contributed by atoms with Gasteiger partial charge in [0.2, 0.25) is 0 Å². The van der Waals surface area contributed by atoms with Gasteiger partial charge in [0.05, 0.1) is 0 Å². The fraction of sp³-hybridized carbons (Fsp3) is 0.250. The zero-order valence-electron chi connectivity index (χ0n) is 9.38. The first kappa shape index (κ1) is 13.0. The smallest absolute Gasteiger partial charge is 0.314 e. The normalized spacial score (nSPS) is 9.12. The molecule has 1 rings (SSSR count). The third-order valence-corrected chi connectivity index (χ3v) is 2.02. The van der Waals surface area contributed by atoms with Crippen LogP contribution in [0.1, 0.15) is 11.1 Å². The summed E-state index contributed by atoms with van der Waals surface area (Å²) in [6.45, 7) is -0.163. The van der Waals surface area contributed by atoms with Crippen LogP contribution in [0.4, 0.5) is 9.18 Å². The Kier molecular flexibility index (Phi) is 4.98. The Morgan fingerprint density at radius 1 is 1.53 bits per heavy atom. The highest BCUT2D eigenvalue weighted by atomic mass is 19.1. The molecule has 0 bridgehead atoms. The number of amides is 2. The number of hydrogen-bond acceptors (Lipinski definition) is 2. The Morgan fingerprint density at radius 2 is 2.29 bits per heavy atom. The van der Waals surface area contributed by atoms with Crippen molar-refractivity contribution in [1.82, 2.24) is 10.6 Å². The summed E-state index contributed by atoms with van der Waals surface area (Å²) < 4.78 is 13.4. The first-order chi connectivity index (χ1) is 8.17. The molecule has 4 nitrogen and oxygen atoms in total. The monoisotopic (exact) mass is 236 g/mol. The molecule has 0 spiro atoms. The quantitative estimate of drug-likeness (QED) is 0.658. The topological polar surface area (TPSA) is 61.4 Å². The third kappa shape index (κ3) is 4.13. The van der Waals surface area contributed by atoms with E-state index < -0.39 is 5.82 Å². The number of halogens is 1. The molecule has 0 aliphatic heterocycles. The van der Waals surface area contributed by atoms with Gasteiger partial charge in [-0.1, -0.05) is 11.8 Å². The molecule has 1 aromatic rings. The van der Waals surface area contributed by atoms with E-state index in [1.54, 1.807) is 0 Å². The van der Waals surface area contributed by atoms with E-state index in [1.165, 1.54) is 25.2 Å². The van der Waals surface area contributed by atoms with Crippen LogP contribution < -0.4 is 10.6 Å². The summed E-state index contributed by atoms with van der Waals surface area (Å²) in [6, 6.07) is 3.95. The van der Waals surface area contributed by atoms with Crippen LogP contribution in [0.25, 0.3) is 0 Å². The number of rotatable bonds is 2. The van der Waals surface area contributed by atoms with Crippen LogP contribution in [-0.2, 0) is 6.54 Å². The second-order valence-corrected chi connectivity index (χ2v) is 3.20. The number of carbonyl (C=O) groups is 1. The second-order valence-electron chi connectivity index (χ2n) is 3.20. The van der Waals surface area contributed by atoms with Crippen molar-refractivity contribution in [1.29, 1.82) is 0 Å². The summed E-state index contributed by atoms with van der Waals surface area (Å²) in [6.07, 6.45) is 0. The summed E-state index contributed by atoms with van der Waals surface area (Å²) in [5.74, 6) is 4.73. The molecule has 17 heavy (non-hydrogen) atoms. The van der Waals surface area contributed by atoms with Gasteiger partial charge in [-0.15, -0.1) is 0 Å². The summed E-state index contributed by atoms with van der Waals surface area (Å²) in [5, 5.41) is 13.4. The van der Waals surface area contributed by atoms with Crippen molar-refractivity contribution < 1.29 is 14.3 Å². The van der Waals surface area contributed by atoms with E-state index in [9.17, 15) is 9.18 Å². The van der Waals surface area contributed by atoms with Crippen LogP contribution in [0.5, 0.6) is 0 Å². The largest absolute Gasteiger partial charge is 0.384 e. The maximum atomic E-state index is 13.4. The SMILES string of the molecule is CNC(=O)NCc1cc(C#CCO)ccc1F. The number of benzene rings is 1. The van der Waals surface area contributed by atoms with Crippen molar-refractivity contribution in [3.63, 3.8) is 0 Å². The van der Waals surface area contributed by atoms with Gasteiger partial charge in [0.1, 0.15) is 12.4 Å². The van der Waals surface area contributed by atoms with E-state index in [1.807, 2.05) is 0 Å². The maximum absolute atomic E-state index is 13.4. The lowest BCUT2D eigenvalue weighted by atomic mass is 10.1. The van der Waals surface area contributed by atoms with Crippen molar-refractivity contribution in [2.75, 3.05) is 13.7 Å². The molecule has 1 aromatic carbocycles. The number of urea groups is 1. The van der Waals surface area contributed by atoms with E-state index in [4.69, 9.17) is 5.11 Å². The molecule has 3 N–H and O–H groups in total. The highest BCUT2D eigenvalue weighted by Crippen LogP contribution is 2.09. The van der Waals surface area contributed by atoms with Crippen LogP contribution in [0.15, 0.2) is 18.2 Å². The lowest BCUT2D eigenvalue weighted by molar-refractivity contribution is 0.242. The standard InChI is InChI=1S/C12H13FN2O2/c1-14-12(17)15-8-10-7-9(3-2-6-16)4-5-11(10)13/h4-5,7,16H,6,8H2,1H3,(H2,14,15,17). The second kappa shape index (κ2) is 6.51. The molecule has 0 aliphatic rings. The van der Waals surface area contributed by atoms with Gasteiger partial charge in [0, 0.05) is 24.7 Å². The molecule has 90 valence electrons. The van der Waals surface area contributed by atoms with Gasteiger partial charge in [0.15, 0.2) is 0 Å². The van der Waals surface area contributed by atoms with Gasteiger partial charge >= 0.3 is 6.03 Å². The number of hydrogen-bond donors (Lipinski definition) is 3. The van der Waals surface area contributed by atoms with Crippen LogP contribution in [0, 0.1) is 17.7 Å². The zero-order valence-corrected chi connectivity index (χ0v) is 9.38. The zero-order chi connectivity index (χ0) is 12.7. The Morgan fingerprint density at radius 3 is 2.94 bits per heavy atom. The van der Waals surface area contributed by atoms with Gasteiger partial charge in [-0.2, -0.15) is 0 Å². The number of carbonyl (C=O) groups excluding carboxylic acids is 1. The summed E-state index contributed by atoms with van der Waals surface area (Å²) in [5.41, 5.74) is 0.937. The molecule has 0 aliphatic carbocycles. The number of aliphatic hydroxyl groups is 1. The molecule has 0 aromatic heterocycles. The van der Waals surface area contributed by atoms with Gasteiger partial charge in [-0.25, -0.2) is 9.18 Å². The van der Waals surface area contributed by atoms with E-state index >= 15 is 0 Å². The molecule has 0 unspecified atom stereocenters. The van der Waals surface area contributed by atoms with Crippen molar-refractivity contribution in [2.45, 2.75) is 6.54 Å². The van der Waals surface area contributed by atoms with Crippen molar-refractivity contribution >= 4 is 6.03 Å². The molecular weight excluding hydrogens is 223 g/mol. The Balaban J connectivity index is 2.79. The minimum atomic E-state index is -0.407. The molecule has 0 saturated carbocycles. The Labute approximate surface area is 98.8 Å². The van der Waals surface area contributed by atoms with Crippen LogP contribution in [-0.4, -0.2) is 24.8 Å². The third-order valence-electron chi connectivity index (χ3n) is 2.02.